The summed E-state index contributed by atoms with van der Waals surface area (Å²) in [6.07, 6.45) is -1.89. The van der Waals surface area contributed by atoms with Crippen LogP contribution in [0.15, 0.2) is 60.8 Å². The molecule has 0 unspecified atom stereocenters. The third kappa shape index (κ3) is 5.83. The number of urea groups is 1. The van der Waals surface area contributed by atoms with Gasteiger partial charge in [-0.25, -0.2) is 9.78 Å². The lowest BCUT2D eigenvalue weighted by Gasteiger charge is -2.15. The van der Waals surface area contributed by atoms with Gasteiger partial charge in [-0.15, -0.1) is 0 Å². The highest BCUT2D eigenvalue weighted by atomic mass is 19.4. The predicted octanol–water partition coefficient (Wildman–Crippen LogP) is 4.53. The molecule has 3 aromatic rings. The van der Waals surface area contributed by atoms with Crippen LogP contribution >= 0.6 is 0 Å². The van der Waals surface area contributed by atoms with E-state index in [-0.39, 0.29) is 11.6 Å². The average Bonchev–Trinajstić information content (AvgIpc) is 2.81. The second-order valence-corrected chi connectivity index (χ2v) is 7.39. The molecule has 0 saturated carbocycles. The molecule has 1 aliphatic rings. The Labute approximate surface area is 192 Å². The number of fused-ring (bicyclic) bond motifs is 1. The highest BCUT2D eigenvalue weighted by Gasteiger charge is 2.30. The molecule has 2 aromatic carbocycles. The van der Waals surface area contributed by atoms with E-state index in [0.29, 0.717) is 35.5 Å². The predicted molar refractivity (Wildman–Crippen MR) is 121 cm³/mol. The topological polar surface area (TPSA) is 95.2 Å². The Bertz CT molecular complexity index is 1310. The highest BCUT2D eigenvalue weighted by Crippen LogP contribution is 2.30. The Morgan fingerprint density at radius 3 is 2.56 bits per heavy atom. The number of carbonyl (C=O) groups excluding carboxylic acids is 2. The van der Waals surface area contributed by atoms with Gasteiger partial charge >= 0.3 is 12.2 Å². The normalized spacial score (nSPS) is 12.5. The van der Waals surface area contributed by atoms with Crippen molar-refractivity contribution in [2.24, 2.45) is 0 Å². The maximum Gasteiger partial charge on any atom is 0.416 e. The van der Waals surface area contributed by atoms with Crippen molar-refractivity contribution in [1.82, 2.24) is 10.4 Å². The Kier molecular flexibility index (Phi) is 6.36. The summed E-state index contributed by atoms with van der Waals surface area (Å²) in [5.41, 5.74) is 6.69. The van der Waals surface area contributed by atoms with Crippen LogP contribution in [-0.4, -0.2) is 16.9 Å². The number of pyridine rings is 1. The van der Waals surface area contributed by atoms with Crippen LogP contribution in [-0.2, 0) is 17.4 Å². The quantitative estimate of drug-likeness (QED) is 0.338. The molecule has 4 rings (SSSR count). The van der Waals surface area contributed by atoms with E-state index in [9.17, 15) is 22.8 Å². The van der Waals surface area contributed by atoms with Crippen molar-refractivity contribution in [3.63, 3.8) is 0 Å². The van der Waals surface area contributed by atoms with Gasteiger partial charge in [0.2, 0.25) is 5.91 Å². The number of hydrogen-bond acceptors (Lipinski definition) is 4. The van der Waals surface area contributed by atoms with Gasteiger partial charge in [-0.1, -0.05) is 24.0 Å². The van der Waals surface area contributed by atoms with E-state index >= 15 is 0 Å². The number of hydrazine groups is 1. The molecular formula is C24H18F3N5O2. The number of rotatable bonds is 3. The largest absolute Gasteiger partial charge is 0.416 e. The first-order valence-electron chi connectivity index (χ1n) is 10.2. The third-order valence-electron chi connectivity index (χ3n) is 4.83. The summed E-state index contributed by atoms with van der Waals surface area (Å²) >= 11 is 0. The van der Waals surface area contributed by atoms with E-state index in [1.54, 1.807) is 30.5 Å². The summed E-state index contributed by atoms with van der Waals surface area (Å²) in [6, 6.07) is 12.5. The summed E-state index contributed by atoms with van der Waals surface area (Å²) in [4.78, 5) is 27.8. The second kappa shape index (κ2) is 9.54. The monoisotopic (exact) mass is 465 g/mol. The minimum atomic E-state index is -4.48. The fourth-order valence-electron chi connectivity index (χ4n) is 3.21. The number of carbonyl (C=O) groups is 2. The number of nitrogens with zero attached hydrogens (tertiary/aromatic N) is 1. The Morgan fingerprint density at radius 1 is 0.971 bits per heavy atom. The lowest BCUT2D eigenvalue weighted by atomic mass is 10.0. The summed E-state index contributed by atoms with van der Waals surface area (Å²) < 4.78 is 38.4. The number of nitrogens with one attached hydrogen (secondary N) is 4. The molecule has 0 aliphatic carbocycles. The number of halogens is 3. The number of hydrogen-bond donors (Lipinski definition) is 4. The van der Waals surface area contributed by atoms with Crippen molar-refractivity contribution in [2.45, 2.75) is 19.0 Å². The number of benzene rings is 2. The summed E-state index contributed by atoms with van der Waals surface area (Å²) in [5, 5.41) is 5.30. The first kappa shape index (κ1) is 22.7. The maximum absolute atomic E-state index is 12.8. The van der Waals surface area contributed by atoms with Crippen molar-refractivity contribution in [3.05, 3.63) is 83.0 Å². The van der Waals surface area contributed by atoms with Gasteiger partial charge in [0, 0.05) is 29.4 Å². The molecule has 2 heterocycles. The van der Waals surface area contributed by atoms with E-state index in [1.165, 1.54) is 12.1 Å². The second-order valence-electron chi connectivity index (χ2n) is 7.39. The molecule has 0 fully saturated rings. The van der Waals surface area contributed by atoms with Gasteiger partial charge in [-0.3, -0.25) is 15.6 Å². The van der Waals surface area contributed by atoms with Crippen LogP contribution in [0.1, 0.15) is 28.7 Å². The molecule has 0 saturated heterocycles. The molecule has 10 heteroatoms. The van der Waals surface area contributed by atoms with Crippen LogP contribution in [0.5, 0.6) is 0 Å². The summed E-state index contributed by atoms with van der Waals surface area (Å²) in [6.45, 7) is 0. The van der Waals surface area contributed by atoms with Crippen LogP contribution in [0.2, 0.25) is 0 Å². The first-order valence-corrected chi connectivity index (χ1v) is 10.2. The number of aromatic nitrogens is 1. The molecular weight excluding hydrogens is 447 g/mol. The van der Waals surface area contributed by atoms with Crippen LogP contribution in [0.25, 0.3) is 0 Å². The van der Waals surface area contributed by atoms with Crippen LogP contribution in [0, 0.1) is 11.8 Å². The van der Waals surface area contributed by atoms with Gasteiger partial charge in [-0.05, 0) is 54.4 Å². The Morgan fingerprint density at radius 2 is 1.74 bits per heavy atom. The number of amides is 3. The van der Waals surface area contributed by atoms with Crippen molar-refractivity contribution < 1.29 is 22.8 Å². The summed E-state index contributed by atoms with van der Waals surface area (Å²) in [5.74, 6) is 6.50. The zero-order valence-corrected chi connectivity index (χ0v) is 17.6. The van der Waals surface area contributed by atoms with Gasteiger partial charge in [0.05, 0.1) is 11.3 Å². The van der Waals surface area contributed by atoms with E-state index in [0.717, 1.165) is 17.7 Å². The summed E-state index contributed by atoms with van der Waals surface area (Å²) in [7, 11) is 0. The highest BCUT2D eigenvalue weighted by molar-refractivity contribution is 5.92. The molecule has 172 valence electrons. The van der Waals surface area contributed by atoms with Crippen LogP contribution in [0.3, 0.4) is 0 Å². The minimum absolute atomic E-state index is 0.0581. The molecule has 0 spiro atoms. The molecule has 0 radical (unpaired) electrons. The number of aryl methyl sites for hydroxylation is 1. The lowest BCUT2D eigenvalue weighted by Crippen LogP contribution is -2.33. The van der Waals surface area contributed by atoms with E-state index < -0.39 is 17.8 Å². The molecule has 7 nitrogen and oxygen atoms in total. The van der Waals surface area contributed by atoms with Crippen LogP contribution < -0.4 is 21.5 Å². The molecule has 0 bridgehead atoms. The van der Waals surface area contributed by atoms with Crippen molar-refractivity contribution in [2.75, 3.05) is 16.1 Å². The van der Waals surface area contributed by atoms with Gasteiger partial charge in [-0.2, -0.15) is 13.2 Å². The Balaban J connectivity index is 1.37. The fraction of sp³-hybridized carbons (Fsp3) is 0.125. The Hall–Kier alpha value is -4.52. The standard InChI is InChI=1S/C24H18F3N5O2/c25-24(26,27)18-4-2-6-20(13-18)31-32-23(34)29-19-5-1-3-15(12-19)7-8-16-11-17-9-10-21(33)30-22(17)28-14-16/h1-6,11-14,31H,9-10H2,(H,28,30,33)(H2,29,32,34). The minimum Gasteiger partial charge on any atom is -0.310 e. The number of anilines is 3. The molecule has 1 aliphatic heterocycles. The zero-order chi connectivity index (χ0) is 24.1. The maximum atomic E-state index is 12.8. The van der Waals surface area contributed by atoms with E-state index in [1.807, 2.05) is 6.07 Å². The number of alkyl halides is 3. The van der Waals surface area contributed by atoms with Gasteiger partial charge < -0.3 is 10.6 Å². The molecule has 1 aromatic heterocycles. The third-order valence-corrected chi connectivity index (χ3v) is 4.83. The van der Waals surface area contributed by atoms with Gasteiger partial charge in [0.25, 0.3) is 0 Å². The SMILES string of the molecule is O=C1CCc2cc(C#Cc3cccc(NC(=O)NNc4cccc(C(F)(F)F)c4)c3)cnc2N1. The van der Waals surface area contributed by atoms with Gasteiger partial charge in [0.1, 0.15) is 5.82 Å². The van der Waals surface area contributed by atoms with Crippen molar-refractivity contribution in [1.29, 1.82) is 0 Å². The smallest absolute Gasteiger partial charge is 0.310 e. The molecule has 4 N–H and O–H groups in total. The van der Waals surface area contributed by atoms with E-state index in [4.69, 9.17) is 0 Å². The van der Waals surface area contributed by atoms with Crippen molar-refractivity contribution in [3.8, 4) is 11.8 Å². The molecule has 0 atom stereocenters. The molecule has 34 heavy (non-hydrogen) atoms. The zero-order valence-electron chi connectivity index (χ0n) is 17.6. The average molecular weight is 465 g/mol. The molecule has 3 amide bonds. The fourth-order valence-corrected chi connectivity index (χ4v) is 3.21. The first-order chi connectivity index (χ1) is 16.3. The van der Waals surface area contributed by atoms with E-state index in [2.05, 4.69) is 38.3 Å². The van der Waals surface area contributed by atoms with Crippen molar-refractivity contribution >= 4 is 29.1 Å². The lowest BCUT2D eigenvalue weighted by molar-refractivity contribution is -0.137. The van der Waals surface area contributed by atoms with Crippen LogP contribution in [0.4, 0.5) is 35.2 Å². The van der Waals surface area contributed by atoms with Gasteiger partial charge in [0.15, 0.2) is 0 Å².